The summed E-state index contributed by atoms with van der Waals surface area (Å²) in [5.74, 6) is -0.501. The molecule has 1 aliphatic heterocycles. The number of hydrogen-bond acceptors (Lipinski definition) is 4. The second-order valence-electron chi connectivity index (χ2n) is 4.30. The summed E-state index contributed by atoms with van der Waals surface area (Å²) in [7, 11) is 1.34. The molecule has 1 saturated heterocycles. The Bertz CT molecular complexity index is 456. The fourth-order valence-electron chi connectivity index (χ4n) is 2.18. The number of carbonyl (C=O) groups is 2. The Hall–Kier alpha value is -2.04. The van der Waals surface area contributed by atoms with E-state index in [4.69, 9.17) is 10.5 Å². The Kier molecular flexibility index (Phi) is 3.50. The normalized spacial score (nSPS) is 18.7. The molecule has 5 heteroatoms. The minimum absolute atomic E-state index is 0.150. The van der Waals surface area contributed by atoms with Crippen LogP contribution < -0.4 is 5.73 Å². The highest BCUT2D eigenvalue weighted by molar-refractivity contribution is 5.97. The highest BCUT2D eigenvalue weighted by atomic mass is 16.5. The Morgan fingerprint density at radius 1 is 1.33 bits per heavy atom. The van der Waals surface area contributed by atoms with Crippen LogP contribution in [0.2, 0.25) is 0 Å². The maximum absolute atomic E-state index is 12.3. The summed E-state index contributed by atoms with van der Waals surface area (Å²) in [6, 6.07) is 6.24. The topological polar surface area (TPSA) is 72.6 Å². The molecule has 1 aromatic rings. The number of nitrogen functional groups attached to an aromatic ring is 1. The number of nitrogens with zero attached hydrogens (tertiary/aromatic N) is 1. The van der Waals surface area contributed by atoms with Gasteiger partial charge in [0.15, 0.2) is 0 Å². The van der Waals surface area contributed by atoms with Gasteiger partial charge in [-0.3, -0.25) is 4.79 Å². The van der Waals surface area contributed by atoms with Gasteiger partial charge in [0, 0.05) is 17.8 Å². The van der Waals surface area contributed by atoms with Crippen molar-refractivity contribution in [2.24, 2.45) is 0 Å². The number of rotatable bonds is 2. The molecule has 0 aliphatic carbocycles. The molecule has 5 nitrogen and oxygen atoms in total. The zero-order valence-corrected chi connectivity index (χ0v) is 10.3. The predicted octanol–water partition coefficient (Wildman–Crippen LogP) is 1.05. The number of methoxy groups -OCH3 is 1. The highest BCUT2D eigenvalue weighted by Gasteiger charge is 2.35. The number of amides is 1. The van der Waals surface area contributed by atoms with Gasteiger partial charge >= 0.3 is 5.97 Å². The second kappa shape index (κ2) is 5.08. The summed E-state index contributed by atoms with van der Waals surface area (Å²) in [5, 5.41) is 0. The lowest BCUT2D eigenvalue weighted by Gasteiger charge is -2.22. The van der Waals surface area contributed by atoms with Crippen LogP contribution in [0.3, 0.4) is 0 Å². The van der Waals surface area contributed by atoms with E-state index in [0.717, 1.165) is 6.42 Å². The molecule has 0 aromatic heterocycles. The van der Waals surface area contributed by atoms with Crippen molar-refractivity contribution in [1.29, 1.82) is 0 Å². The van der Waals surface area contributed by atoms with Crippen LogP contribution in [0.25, 0.3) is 0 Å². The van der Waals surface area contributed by atoms with Gasteiger partial charge in [0.2, 0.25) is 0 Å². The smallest absolute Gasteiger partial charge is 0.328 e. The number of ether oxygens (including phenoxy) is 1. The first-order valence-corrected chi connectivity index (χ1v) is 5.88. The summed E-state index contributed by atoms with van der Waals surface area (Å²) in [5.41, 5.74) is 6.73. The molecule has 0 bridgehead atoms. The van der Waals surface area contributed by atoms with Crippen molar-refractivity contribution in [2.45, 2.75) is 18.9 Å². The van der Waals surface area contributed by atoms with Gasteiger partial charge in [-0.2, -0.15) is 0 Å². The van der Waals surface area contributed by atoms with E-state index in [1.807, 2.05) is 0 Å². The largest absolute Gasteiger partial charge is 0.467 e. The van der Waals surface area contributed by atoms with Gasteiger partial charge in [0.25, 0.3) is 5.91 Å². The third-order valence-electron chi connectivity index (χ3n) is 3.14. The van der Waals surface area contributed by atoms with Gasteiger partial charge in [0.1, 0.15) is 6.04 Å². The molecule has 1 heterocycles. The molecule has 2 rings (SSSR count). The number of esters is 1. The van der Waals surface area contributed by atoms with Crippen LogP contribution in [-0.2, 0) is 9.53 Å². The van der Waals surface area contributed by atoms with Crippen LogP contribution in [0.4, 0.5) is 5.69 Å². The van der Waals surface area contributed by atoms with Crippen molar-refractivity contribution < 1.29 is 14.3 Å². The van der Waals surface area contributed by atoms with Crippen molar-refractivity contribution in [3.8, 4) is 0 Å². The number of nitrogens with two attached hydrogens (primary N) is 1. The third-order valence-corrected chi connectivity index (χ3v) is 3.14. The fraction of sp³-hybridized carbons (Fsp3) is 0.385. The first kappa shape index (κ1) is 12.4. The summed E-state index contributed by atoms with van der Waals surface area (Å²) in [6.45, 7) is 0.586. The lowest BCUT2D eigenvalue weighted by molar-refractivity contribution is -0.145. The Labute approximate surface area is 106 Å². The molecule has 1 aliphatic rings. The van der Waals surface area contributed by atoms with Gasteiger partial charge < -0.3 is 15.4 Å². The van der Waals surface area contributed by atoms with E-state index in [2.05, 4.69) is 0 Å². The van der Waals surface area contributed by atoms with Crippen LogP contribution in [0.5, 0.6) is 0 Å². The fourth-order valence-corrected chi connectivity index (χ4v) is 2.18. The maximum Gasteiger partial charge on any atom is 0.328 e. The monoisotopic (exact) mass is 248 g/mol. The van der Waals surface area contributed by atoms with Crippen LogP contribution in [-0.4, -0.2) is 36.5 Å². The van der Waals surface area contributed by atoms with E-state index in [9.17, 15) is 9.59 Å². The molecule has 0 radical (unpaired) electrons. The summed E-state index contributed by atoms with van der Waals surface area (Å²) < 4.78 is 4.72. The first-order valence-electron chi connectivity index (χ1n) is 5.88. The van der Waals surface area contributed by atoms with Crippen molar-refractivity contribution >= 4 is 17.6 Å². The number of benzene rings is 1. The number of carbonyl (C=O) groups excluding carboxylic acids is 2. The highest BCUT2D eigenvalue weighted by Crippen LogP contribution is 2.21. The average molecular weight is 248 g/mol. The average Bonchev–Trinajstić information content (AvgIpc) is 2.87. The molecule has 0 spiro atoms. The third kappa shape index (κ3) is 2.30. The molecule has 1 aromatic carbocycles. The summed E-state index contributed by atoms with van der Waals surface area (Å²) >= 11 is 0. The van der Waals surface area contributed by atoms with Gasteiger partial charge in [-0.05, 0) is 37.1 Å². The van der Waals surface area contributed by atoms with Gasteiger partial charge in [-0.1, -0.05) is 0 Å². The molecule has 1 atom stereocenters. The SMILES string of the molecule is COC(=O)C1CCCN1C(=O)c1ccc(N)cc1. The molecule has 0 saturated carbocycles. The predicted molar refractivity (Wildman–Crippen MR) is 66.9 cm³/mol. The van der Waals surface area contributed by atoms with Crippen molar-refractivity contribution in [2.75, 3.05) is 19.4 Å². The van der Waals surface area contributed by atoms with Gasteiger partial charge in [-0.15, -0.1) is 0 Å². The number of hydrogen-bond donors (Lipinski definition) is 1. The molecule has 1 unspecified atom stereocenters. The van der Waals surface area contributed by atoms with Gasteiger partial charge in [0.05, 0.1) is 7.11 Å². The van der Waals surface area contributed by atoms with Crippen LogP contribution in [0.1, 0.15) is 23.2 Å². The standard InChI is InChI=1S/C13H16N2O3/c1-18-13(17)11-3-2-8-15(11)12(16)9-4-6-10(14)7-5-9/h4-7,11H,2-3,8,14H2,1H3. The van der Waals surface area contributed by atoms with Crippen molar-refractivity contribution in [3.05, 3.63) is 29.8 Å². The second-order valence-corrected chi connectivity index (χ2v) is 4.30. The Morgan fingerprint density at radius 3 is 2.61 bits per heavy atom. The summed E-state index contributed by atoms with van der Waals surface area (Å²) in [4.78, 5) is 25.4. The summed E-state index contributed by atoms with van der Waals surface area (Å²) in [6.07, 6.45) is 1.48. The quantitative estimate of drug-likeness (QED) is 0.627. The van der Waals surface area contributed by atoms with E-state index in [-0.39, 0.29) is 11.9 Å². The van der Waals surface area contributed by atoms with Crippen LogP contribution in [0.15, 0.2) is 24.3 Å². The van der Waals surface area contributed by atoms with E-state index in [1.54, 1.807) is 29.2 Å². The minimum Gasteiger partial charge on any atom is -0.467 e. The van der Waals surface area contributed by atoms with Crippen molar-refractivity contribution in [1.82, 2.24) is 4.90 Å². The van der Waals surface area contributed by atoms with E-state index < -0.39 is 6.04 Å². The maximum atomic E-state index is 12.3. The number of anilines is 1. The molecule has 1 amide bonds. The minimum atomic E-state index is -0.458. The van der Waals surface area contributed by atoms with Crippen LogP contribution >= 0.6 is 0 Å². The van der Waals surface area contributed by atoms with E-state index in [1.165, 1.54) is 7.11 Å². The number of likely N-dealkylation sites (tertiary alicyclic amines) is 1. The Balaban J connectivity index is 2.17. The zero-order valence-electron chi connectivity index (χ0n) is 10.3. The molecule has 96 valence electrons. The molecule has 18 heavy (non-hydrogen) atoms. The molecule has 2 N–H and O–H groups in total. The zero-order chi connectivity index (χ0) is 13.1. The van der Waals surface area contributed by atoms with Crippen molar-refractivity contribution in [3.63, 3.8) is 0 Å². The lowest BCUT2D eigenvalue weighted by atomic mass is 10.1. The lowest BCUT2D eigenvalue weighted by Crippen LogP contribution is -2.41. The Morgan fingerprint density at radius 2 is 2.00 bits per heavy atom. The molecular formula is C13H16N2O3. The molecular weight excluding hydrogens is 232 g/mol. The van der Waals surface area contributed by atoms with Crippen LogP contribution in [0, 0.1) is 0 Å². The first-order chi connectivity index (χ1) is 8.63. The van der Waals surface area contributed by atoms with Gasteiger partial charge in [-0.25, -0.2) is 4.79 Å². The molecule has 1 fully saturated rings. The van der Waals surface area contributed by atoms with E-state index in [0.29, 0.717) is 24.2 Å². The van der Waals surface area contributed by atoms with E-state index >= 15 is 0 Å².